The van der Waals surface area contributed by atoms with Crippen LogP contribution in [0, 0.1) is 5.92 Å². The first-order chi connectivity index (χ1) is 9.67. The van der Waals surface area contributed by atoms with Crippen LogP contribution in [0.2, 0.25) is 0 Å². The number of rotatable bonds is 7. The van der Waals surface area contributed by atoms with E-state index in [9.17, 15) is 0 Å². The lowest BCUT2D eigenvalue weighted by Crippen LogP contribution is -2.44. The second-order valence-corrected chi connectivity index (χ2v) is 6.38. The van der Waals surface area contributed by atoms with Crippen molar-refractivity contribution in [1.29, 1.82) is 0 Å². The third kappa shape index (κ3) is 3.42. The van der Waals surface area contributed by atoms with Gasteiger partial charge in [-0.15, -0.1) is 0 Å². The molecule has 1 aliphatic rings. The quantitative estimate of drug-likeness (QED) is 0.817. The third-order valence-corrected chi connectivity index (χ3v) is 4.29. The van der Waals surface area contributed by atoms with E-state index in [1.807, 2.05) is 0 Å². The Morgan fingerprint density at radius 3 is 2.65 bits per heavy atom. The molecule has 0 heterocycles. The molecule has 0 bridgehead atoms. The van der Waals surface area contributed by atoms with Gasteiger partial charge in [-0.2, -0.15) is 0 Å². The van der Waals surface area contributed by atoms with Crippen molar-refractivity contribution in [3.63, 3.8) is 0 Å². The van der Waals surface area contributed by atoms with Crippen molar-refractivity contribution in [2.24, 2.45) is 5.92 Å². The Balaban J connectivity index is 2.19. The lowest BCUT2D eigenvalue weighted by Gasteiger charge is -2.34. The van der Waals surface area contributed by atoms with Crippen molar-refractivity contribution in [3.05, 3.63) is 35.4 Å². The molecule has 112 valence electrons. The van der Waals surface area contributed by atoms with Crippen LogP contribution in [0.4, 0.5) is 0 Å². The Labute approximate surface area is 124 Å². The van der Waals surface area contributed by atoms with Gasteiger partial charge in [0.1, 0.15) is 0 Å². The van der Waals surface area contributed by atoms with Crippen LogP contribution in [0.3, 0.4) is 0 Å². The Morgan fingerprint density at radius 2 is 2.00 bits per heavy atom. The summed E-state index contributed by atoms with van der Waals surface area (Å²) < 4.78 is 0. The summed E-state index contributed by atoms with van der Waals surface area (Å²) in [5, 5.41) is 3.78. The topological polar surface area (TPSA) is 15.3 Å². The van der Waals surface area contributed by atoms with E-state index >= 15 is 0 Å². The van der Waals surface area contributed by atoms with E-state index in [0.29, 0.717) is 12.1 Å². The van der Waals surface area contributed by atoms with Gasteiger partial charge in [0, 0.05) is 18.6 Å². The molecule has 1 aromatic carbocycles. The summed E-state index contributed by atoms with van der Waals surface area (Å²) in [6.45, 7) is 12.6. The van der Waals surface area contributed by atoms with Crippen molar-refractivity contribution in [2.75, 3.05) is 19.6 Å². The molecular formula is C18H30N2. The molecule has 2 unspecified atom stereocenters. The molecule has 0 radical (unpaired) electrons. The maximum absolute atomic E-state index is 3.78. The second-order valence-electron chi connectivity index (χ2n) is 6.38. The lowest BCUT2D eigenvalue weighted by molar-refractivity contribution is 0.156. The third-order valence-electron chi connectivity index (χ3n) is 4.29. The molecular weight excluding hydrogens is 244 g/mol. The van der Waals surface area contributed by atoms with Gasteiger partial charge in [0.25, 0.3) is 0 Å². The van der Waals surface area contributed by atoms with E-state index in [2.05, 4.69) is 62.2 Å². The maximum atomic E-state index is 3.78. The number of benzene rings is 1. The number of likely N-dealkylation sites (N-methyl/N-ethyl adjacent to an activating group) is 1. The van der Waals surface area contributed by atoms with E-state index in [-0.39, 0.29) is 0 Å². The van der Waals surface area contributed by atoms with Crippen LogP contribution >= 0.6 is 0 Å². The fourth-order valence-electron chi connectivity index (χ4n) is 3.43. The minimum Gasteiger partial charge on any atom is -0.309 e. The van der Waals surface area contributed by atoms with Gasteiger partial charge in [-0.1, -0.05) is 52.0 Å². The Kier molecular flexibility index (Phi) is 5.62. The summed E-state index contributed by atoms with van der Waals surface area (Å²) in [7, 11) is 0. The van der Waals surface area contributed by atoms with E-state index in [0.717, 1.165) is 19.0 Å². The zero-order chi connectivity index (χ0) is 14.5. The molecule has 20 heavy (non-hydrogen) atoms. The molecule has 0 amide bonds. The summed E-state index contributed by atoms with van der Waals surface area (Å²) in [4.78, 5) is 2.66. The number of nitrogens with one attached hydrogen (secondary N) is 1. The fraction of sp³-hybridized carbons (Fsp3) is 0.667. The molecule has 2 heteroatoms. The van der Waals surface area contributed by atoms with Gasteiger partial charge in [-0.25, -0.2) is 0 Å². The fourth-order valence-corrected chi connectivity index (χ4v) is 3.43. The highest BCUT2D eigenvalue weighted by molar-refractivity contribution is 5.37. The zero-order valence-corrected chi connectivity index (χ0v) is 13.5. The monoisotopic (exact) mass is 274 g/mol. The first-order valence-corrected chi connectivity index (χ1v) is 8.22. The normalized spacial score (nSPS) is 21.7. The highest BCUT2D eigenvalue weighted by atomic mass is 15.2. The zero-order valence-electron chi connectivity index (χ0n) is 13.5. The summed E-state index contributed by atoms with van der Waals surface area (Å²) >= 11 is 0. The summed E-state index contributed by atoms with van der Waals surface area (Å²) in [5.74, 6) is 0.727. The molecule has 0 saturated heterocycles. The molecule has 0 aliphatic heterocycles. The SMILES string of the molecule is CCCNC1c2ccccc2CC1N(CC)CC(C)C. The van der Waals surface area contributed by atoms with Crippen LogP contribution in [-0.2, 0) is 6.42 Å². The maximum Gasteiger partial charge on any atom is 0.0484 e. The first kappa shape index (κ1) is 15.5. The highest BCUT2D eigenvalue weighted by Crippen LogP contribution is 2.34. The Bertz CT molecular complexity index is 414. The average molecular weight is 274 g/mol. The minimum atomic E-state index is 0.504. The summed E-state index contributed by atoms with van der Waals surface area (Å²) in [6, 6.07) is 10.1. The second kappa shape index (κ2) is 7.24. The van der Waals surface area contributed by atoms with Gasteiger partial charge in [0.05, 0.1) is 0 Å². The van der Waals surface area contributed by atoms with Gasteiger partial charge >= 0.3 is 0 Å². The average Bonchev–Trinajstić information content (AvgIpc) is 2.80. The molecule has 1 N–H and O–H groups in total. The van der Waals surface area contributed by atoms with Crippen molar-refractivity contribution in [1.82, 2.24) is 10.2 Å². The van der Waals surface area contributed by atoms with Crippen molar-refractivity contribution < 1.29 is 0 Å². The molecule has 0 saturated carbocycles. The smallest absolute Gasteiger partial charge is 0.0484 e. The Hall–Kier alpha value is -0.860. The predicted octanol–water partition coefficient (Wildman–Crippen LogP) is 3.63. The molecule has 2 rings (SSSR count). The van der Waals surface area contributed by atoms with Crippen molar-refractivity contribution in [3.8, 4) is 0 Å². The van der Waals surface area contributed by atoms with Gasteiger partial charge in [-0.05, 0) is 43.0 Å². The van der Waals surface area contributed by atoms with Crippen LogP contribution < -0.4 is 5.32 Å². The van der Waals surface area contributed by atoms with E-state index in [4.69, 9.17) is 0 Å². The minimum absolute atomic E-state index is 0.504. The Morgan fingerprint density at radius 1 is 1.25 bits per heavy atom. The van der Waals surface area contributed by atoms with E-state index in [1.165, 1.54) is 30.5 Å². The standard InChI is InChI=1S/C18H30N2/c1-5-11-19-18-16-10-8-7-9-15(16)12-17(18)20(6-2)13-14(3)4/h7-10,14,17-19H,5-6,11-13H2,1-4H3. The van der Waals surface area contributed by atoms with Crippen molar-refractivity contribution in [2.45, 2.75) is 52.6 Å². The van der Waals surface area contributed by atoms with Crippen LogP contribution in [-0.4, -0.2) is 30.6 Å². The molecule has 0 spiro atoms. The van der Waals surface area contributed by atoms with Crippen LogP contribution in [0.5, 0.6) is 0 Å². The molecule has 0 aromatic heterocycles. The molecule has 2 nitrogen and oxygen atoms in total. The molecule has 1 aromatic rings. The van der Waals surface area contributed by atoms with Crippen LogP contribution in [0.1, 0.15) is 51.3 Å². The van der Waals surface area contributed by atoms with Gasteiger partial charge in [-0.3, -0.25) is 4.90 Å². The highest BCUT2D eigenvalue weighted by Gasteiger charge is 2.35. The van der Waals surface area contributed by atoms with Crippen molar-refractivity contribution >= 4 is 0 Å². The predicted molar refractivity (Wildman–Crippen MR) is 87.1 cm³/mol. The number of nitrogens with zero attached hydrogens (tertiary/aromatic N) is 1. The van der Waals surface area contributed by atoms with Gasteiger partial charge < -0.3 is 5.32 Å². The van der Waals surface area contributed by atoms with Gasteiger partial charge in [0.2, 0.25) is 0 Å². The lowest BCUT2D eigenvalue weighted by atomic mass is 10.0. The summed E-state index contributed by atoms with van der Waals surface area (Å²) in [6.07, 6.45) is 2.39. The molecule has 0 fully saturated rings. The van der Waals surface area contributed by atoms with E-state index < -0.39 is 0 Å². The number of hydrogen-bond donors (Lipinski definition) is 1. The van der Waals surface area contributed by atoms with Crippen LogP contribution in [0.25, 0.3) is 0 Å². The first-order valence-electron chi connectivity index (χ1n) is 8.22. The largest absolute Gasteiger partial charge is 0.309 e. The molecule has 2 atom stereocenters. The summed E-state index contributed by atoms with van der Waals surface area (Å²) in [5.41, 5.74) is 3.06. The molecule has 1 aliphatic carbocycles. The van der Waals surface area contributed by atoms with Crippen LogP contribution in [0.15, 0.2) is 24.3 Å². The number of fused-ring (bicyclic) bond motifs is 1. The van der Waals surface area contributed by atoms with E-state index in [1.54, 1.807) is 0 Å². The number of hydrogen-bond acceptors (Lipinski definition) is 2. The van der Waals surface area contributed by atoms with Gasteiger partial charge in [0.15, 0.2) is 0 Å².